The second kappa shape index (κ2) is 8.05. The zero-order valence-corrected chi connectivity index (χ0v) is 9.52. The minimum Gasteiger partial charge on any atom is -0.460 e. The van der Waals surface area contributed by atoms with E-state index in [-0.39, 0.29) is 11.6 Å². The van der Waals surface area contributed by atoms with Gasteiger partial charge in [-0.25, -0.2) is 0 Å². The van der Waals surface area contributed by atoms with Crippen LogP contribution in [0.1, 0.15) is 47.5 Å². The molecule has 13 heavy (non-hydrogen) atoms. The number of hydrogen-bond acceptors (Lipinski definition) is 3. The second-order valence-electron chi connectivity index (χ2n) is 3.48. The topological polar surface area (TPSA) is 52.3 Å². The lowest BCUT2D eigenvalue weighted by molar-refractivity contribution is -0.154. The van der Waals surface area contributed by atoms with Gasteiger partial charge < -0.3 is 10.5 Å². The van der Waals surface area contributed by atoms with Crippen LogP contribution in [0.5, 0.6) is 0 Å². The molecule has 0 heterocycles. The summed E-state index contributed by atoms with van der Waals surface area (Å²) in [4.78, 5) is 10.9. The summed E-state index contributed by atoms with van der Waals surface area (Å²) in [6.07, 6.45) is 1.13. The normalized spacial score (nSPS) is 10.0. The molecule has 0 aromatic carbocycles. The van der Waals surface area contributed by atoms with Crippen LogP contribution in [0.4, 0.5) is 0 Å². The van der Waals surface area contributed by atoms with E-state index in [0.29, 0.717) is 19.4 Å². The van der Waals surface area contributed by atoms with Crippen LogP contribution in [0.15, 0.2) is 0 Å². The fraction of sp³-hybridized carbons (Fsp3) is 0.900. The smallest absolute Gasteiger partial charge is 0.306 e. The number of rotatable bonds is 3. The molecule has 0 amide bonds. The second-order valence-corrected chi connectivity index (χ2v) is 3.48. The number of carbonyl (C=O) groups excluding carboxylic acids is 1. The highest BCUT2D eigenvalue weighted by Crippen LogP contribution is 2.08. The molecule has 2 N–H and O–H groups in total. The van der Waals surface area contributed by atoms with Crippen molar-refractivity contribution in [3.8, 4) is 0 Å². The molecule has 0 aromatic rings. The highest BCUT2D eigenvalue weighted by atomic mass is 16.6. The first-order chi connectivity index (χ1) is 5.95. The minimum absolute atomic E-state index is 0.164. The fourth-order valence-corrected chi connectivity index (χ4v) is 0.639. The highest BCUT2D eigenvalue weighted by molar-refractivity contribution is 5.69. The molecule has 0 radical (unpaired) electrons. The molecule has 0 aromatic heterocycles. The quantitative estimate of drug-likeness (QED) is 0.692. The van der Waals surface area contributed by atoms with Crippen molar-refractivity contribution < 1.29 is 9.53 Å². The van der Waals surface area contributed by atoms with Gasteiger partial charge in [0.25, 0.3) is 0 Å². The zero-order chi connectivity index (χ0) is 10.9. The van der Waals surface area contributed by atoms with Gasteiger partial charge in [-0.2, -0.15) is 0 Å². The molecule has 0 atom stereocenters. The lowest BCUT2D eigenvalue weighted by Gasteiger charge is -2.19. The van der Waals surface area contributed by atoms with Crippen LogP contribution >= 0.6 is 0 Å². The van der Waals surface area contributed by atoms with E-state index in [9.17, 15) is 4.79 Å². The molecule has 0 fully saturated rings. The van der Waals surface area contributed by atoms with Crippen LogP contribution in [0.2, 0.25) is 0 Å². The van der Waals surface area contributed by atoms with Gasteiger partial charge in [0.1, 0.15) is 5.60 Å². The molecule has 0 aliphatic carbocycles. The minimum atomic E-state index is -0.369. The van der Waals surface area contributed by atoms with Crippen LogP contribution < -0.4 is 5.73 Å². The van der Waals surface area contributed by atoms with E-state index in [1.807, 2.05) is 34.6 Å². The third-order valence-electron chi connectivity index (χ3n) is 1.01. The summed E-state index contributed by atoms with van der Waals surface area (Å²) in [6, 6.07) is 0. The zero-order valence-electron chi connectivity index (χ0n) is 9.52. The average molecular weight is 189 g/mol. The fourth-order valence-electron chi connectivity index (χ4n) is 0.639. The van der Waals surface area contributed by atoms with Gasteiger partial charge in [0.2, 0.25) is 0 Å². The number of esters is 1. The van der Waals surface area contributed by atoms with Crippen molar-refractivity contribution in [2.75, 3.05) is 6.54 Å². The third-order valence-corrected chi connectivity index (χ3v) is 1.01. The van der Waals surface area contributed by atoms with Crippen LogP contribution in [0, 0.1) is 0 Å². The molecule has 0 saturated carbocycles. The van der Waals surface area contributed by atoms with E-state index in [1.165, 1.54) is 0 Å². The van der Waals surface area contributed by atoms with E-state index in [4.69, 9.17) is 10.5 Å². The number of nitrogens with two attached hydrogens (primary N) is 1. The van der Waals surface area contributed by atoms with E-state index in [1.54, 1.807) is 0 Å². The maximum atomic E-state index is 10.9. The molecular weight excluding hydrogens is 166 g/mol. The third kappa shape index (κ3) is 14.3. The van der Waals surface area contributed by atoms with Gasteiger partial charge in [-0.3, -0.25) is 4.79 Å². The van der Waals surface area contributed by atoms with Crippen LogP contribution in [-0.2, 0) is 9.53 Å². The molecule has 0 spiro atoms. The van der Waals surface area contributed by atoms with E-state index < -0.39 is 0 Å². The SMILES string of the molecule is CC.CC(C)(C)OC(=O)CCCN. The van der Waals surface area contributed by atoms with Gasteiger partial charge in [0.05, 0.1) is 0 Å². The molecule has 80 valence electrons. The Labute approximate surface area is 81.6 Å². The van der Waals surface area contributed by atoms with Crippen molar-refractivity contribution in [2.45, 2.75) is 53.1 Å². The molecule has 0 bridgehead atoms. The Bertz CT molecular complexity index is 127. The van der Waals surface area contributed by atoms with Gasteiger partial charge in [0, 0.05) is 6.42 Å². The van der Waals surface area contributed by atoms with Gasteiger partial charge in [-0.05, 0) is 33.7 Å². The lowest BCUT2D eigenvalue weighted by Crippen LogP contribution is -2.24. The molecule has 3 nitrogen and oxygen atoms in total. The van der Waals surface area contributed by atoms with Crippen LogP contribution in [0.3, 0.4) is 0 Å². The molecule has 0 aliphatic heterocycles. The van der Waals surface area contributed by atoms with Gasteiger partial charge in [-0.15, -0.1) is 0 Å². The molecule has 0 aliphatic rings. The van der Waals surface area contributed by atoms with Gasteiger partial charge in [0.15, 0.2) is 0 Å². The van der Waals surface area contributed by atoms with E-state index >= 15 is 0 Å². The largest absolute Gasteiger partial charge is 0.460 e. The van der Waals surface area contributed by atoms with Crippen molar-refractivity contribution in [3.05, 3.63) is 0 Å². The van der Waals surface area contributed by atoms with Gasteiger partial charge >= 0.3 is 5.97 Å². The van der Waals surface area contributed by atoms with Crippen molar-refractivity contribution in [3.63, 3.8) is 0 Å². The van der Waals surface area contributed by atoms with E-state index in [0.717, 1.165) is 0 Å². The molecule has 0 rings (SSSR count). The Kier molecular flexibility index (Phi) is 9.24. The molecule has 0 unspecified atom stereocenters. The standard InChI is InChI=1S/C8H17NO2.C2H6/c1-8(2,3)11-7(10)5-4-6-9;1-2/h4-6,9H2,1-3H3;1-2H3. The summed E-state index contributed by atoms with van der Waals surface area (Å²) in [5.41, 5.74) is 4.86. The average Bonchev–Trinajstić information content (AvgIpc) is 2.01. The Hall–Kier alpha value is -0.570. The summed E-state index contributed by atoms with van der Waals surface area (Å²) in [5, 5.41) is 0. The predicted octanol–water partition coefficient (Wildman–Crippen LogP) is 2.09. The first kappa shape index (κ1) is 14.9. The molecule has 0 saturated heterocycles. The Balaban J connectivity index is 0. The summed E-state index contributed by atoms with van der Waals surface area (Å²) < 4.78 is 5.05. The van der Waals surface area contributed by atoms with Crippen LogP contribution in [0.25, 0.3) is 0 Å². The van der Waals surface area contributed by atoms with Crippen molar-refractivity contribution in [1.82, 2.24) is 0 Å². The summed E-state index contributed by atoms with van der Waals surface area (Å²) in [7, 11) is 0. The Morgan fingerprint density at radius 2 is 1.77 bits per heavy atom. The first-order valence-electron chi connectivity index (χ1n) is 4.87. The highest BCUT2D eigenvalue weighted by Gasteiger charge is 2.14. The molecular formula is C10H23NO2. The van der Waals surface area contributed by atoms with Gasteiger partial charge in [-0.1, -0.05) is 13.8 Å². The summed E-state index contributed by atoms with van der Waals surface area (Å²) in [6.45, 7) is 10.1. The van der Waals surface area contributed by atoms with Crippen molar-refractivity contribution in [2.24, 2.45) is 5.73 Å². The van der Waals surface area contributed by atoms with Crippen molar-refractivity contribution >= 4 is 5.97 Å². The Morgan fingerprint density at radius 3 is 2.08 bits per heavy atom. The number of ether oxygens (including phenoxy) is 1. The maximum Gasteiger partial charge on any atom is 0.306 e. The summed E-state index contributed by atoms with van der Waals surface area (Å²) in [5.74, 6) is -0.164. The predicted molar refractivity (Wildman–Crippen MR) is 55.5 cm³/mol. The lowest BCUT2D eigenvalue weighted by atomic mass is 10.2. The van der Waals surface area contributed by atoms with Crippen LogP contribution in [-0.4, -0.2) is 18.1 Å². The Morgan fingerprint density at radius 1 is 1.31 bits per heavy atom. The van der Waals surface area contributed by atoms with Crippen molar-refractivity contribution in [1.29, 1.82) is 0 Å². The molecule has 3 heteroatoms. The maximum absolute atomic E-state index is 10.9. The number of carbonyl (C=O) groups is 1. The monoisotopic (exact) mass is 189 g/mol. The van der Waals surface area contributed by atoms with E-state index in [2.05, 4.69) is 0 Å². The summed E-state index contributed by atoms with van der Waals surface area (Å²) >= 11 is 0. The first-order valence-corrected chi connectivity index (χ1v) is 4.87. The number of hydrogen-bond donors (Lipinski definition) is 1.